The molecule has 0 aliphatic rings. The number of carbonyl (C=O) groups excluding carboxylic acids is 1. The second-order valence-corrected chi connectivity index (χ2v) is 4.75. The number of rotatable bonds is 4. The van der Waals surface area contributed by atoms with Crippen molar-refractivity contribution in [2.45, 2.75) is 13.3 Å². The highest BCUT2D eigenvalue weighted by Gasteiger charge is 2.14. The summed E-state index contributed by atoms with van der Waals surface area (Å²) in [6.45, 7) is 2.01. The maximum atomic E-state index is 11.4. The van der Waals surface area contributed by atoms with E-state index in [0.29, 0.717) is 10.8 Å². The van der Waals surface area contributed by atoms with Crippen LogP contribution in [0.4, 0.5) is 5.82 Å². The van der Waals surface area contributed by atoms with Crippen molar-refractivity contribution < 1.29 is 4.79 Å². The van der Waals surface area contributed by atoms with Gasteiger partial charge in [0.15, 0.2) is 5.82 Å². The van der Waals surface area contributed by atoms with Crippen LogP contribution in [0.2, 0.25) is 5.02 Å². The molecule has 6 heteroatoms. The Hall–Kier alpha value is -1.46. The van der Waals surface area contributed by atoms with Gasteiger partial charge in [-0.3, -0.25) is 9.89 Å². The number of aromatic nitrogens is 2. The second-order valence-electron chi connectivity index (χ2n) is 3.99. The van der Waals surface area contributed by atoms with Crippen molar-refractivity contribution in [3.63, 3.8) is 0 Å². The van der Waals surface area contributed by atoms with Crippen LogP contribution >= 0.6 is 24.2 Å². The summed E-state index contributed by atoms with van der Waals surface area (Å²) in [6.07, 6.45) is 0.761. The zero-order valence-corrected chi connectivity index (χ0v) is 12.1. The van der Waals surface area contributed by atoms with Crippen molar-refractivity contribution in [2.24, 2.45) is 0 Å². The van der Waals surface area contributed by atoms with Crippen LogP contribution in [0.15, 0.2) is 24.3 Å². The number of hydrogen-bond acceptors (Lipinski definition) is 3. The molecule has 0 atom stereocenters. The van der Waals surface area contributed by atoms with Gasteiger partial charge in [0, 0.05) is 10.6 Å². The summed E-state index contributed by atoms with van der Waals surface area (Å²) in [4.78, 5) is 11.4. The molecule has 1 aromatic heterocycles. The number of benzene rings is 1. The number of nitrogens with one attached hydrogen (secondary N) is 2. The zero-order chi connectivity index (χ0) is 13.8. The first kappa shape index (κ1) is 14.0. The minimum atomic E-state index is -0.174. The highest BCUT2D eigenvalue weighted by Crippen LogP contribution is 2.28. The third kappa shape index (κ3) is 3.11. The van der Waals surface area contributed by atoms with E-state index in [4.69, 9.17) is 11.6 Å². The van der Waals surface area contributed by atoms with Crippen LogP contribution in [0.3, 0.4) is 0 Å². The predicted molar refractivity (Wildman–Crippen MR) is 80.9 cm³/mol. The van der Waals surface area contributed by atoms with E-state index in [1.54, 1.807) is 0 Å². The topological polar surface area (TPSA) is 57.8 Å². The van der Waals surface area contributed by atoms with Crippen molar-refractivity contribution >= 4 is 36.0 Å². The van der Waals surface area contributed by atoms with E-state index in [-0.39, 0.29) is 11.7 Å². The van der Waals surface area contributed by atoms with Crippen LogP contribution in [0.5, 0.6) is 0 Å². The van der Waals surface area contributed by atoms with Gasteiger partial charge in [-0.25, -0.2) is 0 Å². The van der Waals surface area contributed by atoms with Crippen LogP contribution in [-0.4, -0.2) is 21.9 Å². The lowest BCUT2D eigenvalue weighted by Crippen LogP contribution is -2.14. The van der Waals surface area contributed by atoms with Crippen LogP contribution in [-0.2, 0) is 11.2 Å². The molecule has 0 fully saturated rings. The smallest absolute Gasteiger partial charge is 0.235 e. The van der Waals surface area contributed by atoms with Crippen molar-refractivity contribution in [1.29, 1.82) is 0 Å². The first-order chi connectivity index (χ1) is 9.15. The van der Waals surface area contributed by atoms with Crippen molar-refractivity contribution in [3.05, 3.63) is 34.9 Å². The monoisotopic (exact) mass is 295 g/mol. The standard InChI is InChI=1S/C13H14ClN3OS/c1-2-10-12(8-3-5-9(14)6-4-8)16-17-13(10)15-11(18)7-19/h3-6,19H,2,7H2,1H3,(H2,15,16,17,18). The second kappa shape index (κ2) is 6.12. The van der Waals surface area contributed by atoms with Gasteiger partial charge < -0.3 is 5.32 Å². The van der Waals surface area contributed by atoms with Crippen LogP contribution in [0, 0.1) is 0 Å². The van der Waals surface area contributed by atoms with Gasteiger partial charge in [0.25, 0.3) is 0 Å². The first-order valence-electron chi connectivity index (χ1n) is 5.89. The Morgan fingerprint density at radius 1 is 1.42 bits per heavy atom. The molecule has 0 spiro atoms. The highest BCUT2D eigenvalue weighted by molar-refractivity contribution is 7.81. The Kier molecular flexibility index (Phi) is 4.50. The zero-order valence-electron chi connectivity index (χ0n) is 10.4. The lowest BCUT2D eigenvalue weighted by Gasteiger charge is -2.04. The van der Waals surface area contributed by atoms with Gasteiger partial charge in [-0.05, 0) is 24.1 Å². The van der Waals surface area contributed by atoms with E-state index in [0.717, 1.165) is 23.2 Å². The van der Waals surface area contributed by atoms with Gasteiger partial charge in [-0.1, -0.05) is 30.7 Å². The molecule has 0 saturated heterocycles. The number of halogens is 1. The fourth-order valence-electron chi connectivity index (χ4n) is 1.84. The third-order valence-corrected chi connectivity index (χ3v) is 3.29. The Morgan fingerprint density at radius 2 is 2.11 bits per heavy atom. The number of carbonyl (C=O) groups is 1. The molecule has 0 unspecified atom stereocenters. The SMILES string of the molecule is CCc1c(NC(=O)CS)n[nH]c1-c1ccc(Cl)cc1. The van der Waals surface area contributed by atoms with E-state index in [9.17, 15) is 4.79 Å². The van der Waals surface area contributed by atoms with Crippen molar-refractivity contribution in [2.75, 3.05) is 11.1 Å². The molecule has 0 saturated carbocycles. The highest BCUT2D eigenvalue weighted by atomic mass is 35.5. The summed E-state index contributed by atoms with van der Waals surface area (Å²) in [5, 5.41) is 10.5. The molecule has 4 nitrogen and oxygen atoms in total. The van der Waals surface area contributed by atoms with E-state index in [2.05, 4.69) is 28.1 Å². The van der Waals surface area contributed by atoms with Crippen molar-refractivity contribution in [3.8, 4) is 11.3 Å². The number of nitrogens with zero attached hydrogens (tertiary/aromatic N) is 1. The van der Waals surface area contributed by atoms with Crippen LogP contribution in [0.25, 0.3) is 11.3 Å². The number of hydrogen-bond donors (Lipinski definition) is 3. The number of thiol groups is 1. The molecule has 1 aromatic carbocycles. The molecule has 100 valence electrons. The lowest BCUT2D eigenvalue weighted by atomic mass is 10.1. The minimum absolute atomic E-state index is 0.131. The summed E-state index contributed by atoms with van der Waals surface area (Å²) in [5.74, 6) is 0.519. The number of aromatic amines is 1. The minimum Gasteiger partial charge on any atom is -0.308 e. The van der Waals surface area contributed by atoms with Crippen LogP contribution in [0.1, 0.15) is 12.5 Å². The summed E-state index contributed by atoms with van der Waals surface area (Å²) in [6, 6.07) is 7.48. The molecule has 1 amide bonds. The summed E-state index contributed by atoms with van der Waals surface area (Å²) < 4.78 is 0. The predicted octanol–water partition coefficient (Wildman–Crippen LogP) is 3.16. The molecular weight excluding hydrogens is 282 g/mol. The Morgan fingerprint density at radius 3 is 2.68 bits per heavy atom. The normalized spacial score (nSPS) is 10.5. The van der Waals surface area contributed by atoms with Gasteiger partial charge in [0.05, 0.1) is 11.4 Å². The molecule has 2 N–H and O–H groups in total. The van der Waals surface area contributed by atoms with Crippen molar-refractivity contribution in [1.82, 2.24) is 10.2 Å². The lowest BCUT2D eigenvalue weighted by molar-refractivity contribution is -0.113. The summed E-state index contributed by atoms with van der Waals surface area (Å²) in [7, 11) is 0. The Labute approximate surface area is 122 Å². The number of anilines is 1. The average Bonchev–Trinajstić information content (AvgIpc) is 2.82. The van der Waals surface area contributed by atoms with Gasteiger partial charge in [0.2, 0.25) is 5.91 Å². The van der Waals surface area contributed by atoms with E-state index in [1.165, 1.54) is 0 Å². The number of H-pyrrole nitrogens is 1. The molecule has 19 heavy (non-hydrogen) atoms. The average molecular weight is 296 g/mol. The first-order valence-corrected chi connectivity index (χ1v) is 6.90. The van der Waals surface area contributed by atoms with Gasteiger partial charge in [-0.2, -0.15) is 17.7 Å². The molecule has 2 rings (SSSR count). The quantitative estimate of drug-likeness (QED) is 0.759. The van der Waals surface area contributed by atoms with Gasteiger partial charge >= 0.3 is 0 Å². The van der Waals surface area contributed by atoms with E-state index >= 15 is 0 Å². The summed E-state index contributed by atoms with van der Waals surface area (Å²) >= 11 is 9.81. The molecule has 0 radical (unpaired) electrons. The molecule has 2 aromatic rings. The fraction of sp³-hybridized carbons (Fsp3) is 0.231. The fourth-order valence-corrected chi connectivity index (χ4v) is 2.04. The van der Waals surface area contributed by atoms with E-state index < -0.39 is 0 Å². The molecular formula is C13H14ClN3OS. The third-order valence-electron chi connectivity index (χ3n) is 2.76. The van der Waals surface area contributed by atoms with Gasteiger partial charge in [0.1, 0.15) is 0 Å². The van der Waals surface area contributed by atoms with Gasteiger partial charge in [-0.15, -0.1) is 0 Å². The summed E-state index contributed by atoms with van der Waals surface area (Å²) in [5.41, 5.74) is 2.85. The van der Waals surface area contributed by atoms with E-state index in [1.807, 2.05) is 31.2 Å². The Balaban J connectivity index is 2.36. The molecule has 0 aliphatic heterocycles. The Bertz CT molecular complexity index is 580. The maximum Gasteiger partial charge on any atom is 0.235 e. The molecule has 0 bridgehead atoms. The molecule has 1 heterocycles. The van der Waals surface area contributed by atoms with Crippen LogP contribution < -0.4 is 5.32 Å². The molecule has 0 aliphatic carbocycles. The largest absolute Gasteiger partial charge is 0.308 e. The number of amides is 1. The maximum absolute atomic E-state index is 11.4.